The van der Waals surface area contributed by atoms with Gasteiger partial charge in [0.1, 0.15) is 0 Å². The average molecular weight is 331 g/mol. The van der Waals surface area contributed by atoms with Crippen LogP contribution in [0.4, 0.5) is 0 Å². The van der Waals surface area contributed by atoms with E-state index in [0.29, 0.717) is 5.56 Å². The van der Waals surface area contributed by atoms with Gasteiger partial charge in [-0.05, 0) is 12.1 Å². The molecule has 0 bridgehead atoms. The normalized spacial score (nSPS) is 12.3. The Morgan fingerprint density at radius 2 is 1.15 bits per heavy atom. The van der Waals surface area contributed by atoms with Crippen molar-refractivity contribution in [2.75, 3.05) is 6.26 Å². The number of hydrogen-bond donors (Lipinski definition) is 0. The van der Waals surface area contributed by atoms with Gasteiger partial charge < -0.3 is 0 Å². The molecule has 0 atom stereocenters. The van der Waals surface area contributed by atoms with E-state index < -0.39 is 18.9 Å². The first-order valence-corrected chi connectivity index (χ1v) is 9.74. The summed E-state index contributed by atoms with van der Waals surface area (Å²) in [5.74, 6) is 0. The monoisotopic (exact) mass is 330 g/mol. The molecule has 7 heteroatoms. The third-order valence-corrected chi connectivity index (χ3v) is 5.26. The maximum absolute atomic E-state index is 11.8. The SMILES string of the molecule is CS(=O)(=O)c1ccccc1-c1ccccc1S(=O)(=O)Cl. The summed E-state index contributed by atoms with van der Waals surface area (Å²) in [6, 6.07) is 12.2. The first kappa shape index (κ1) is 15.0. The van der Waals surface area contributed by atoms with Crippen LogP contribution in [0.5, 0.6) is 0 Å². The largest absolute Gasteiger partial charge is 0.261 e. The molecule has 2 aromatic carbocycles. The number of rotatable bonds is 3. The second-order valence-corrected chi connectivity index (χ2v) is 8.72. The Morgan fingerprint density at radius 3 is 1.60 bits per heavy atom. The van der Waals surface area contributed by atoms with E-state index in [9.17, 15) is 16.8 Å². The van der Waals surface area contributed by atoms with Gasteiger partial charge >= 0.3 is 0 Å². The molecule has 0 saturated carbocycles. The Kier molecular flexibility index (Phi) is 3.90. The Balaban J connectivity index is 2.85. The predicted molar refractivity (Wildman–Crippen MR) is 78.0 cm³/mol. The van der Waals surface area contributed by atoms with Gasteiger partial charge in [-0.25, -0.2) is 16.8 Å². The molecule has 0 aliphatic rings. The lowest BCUT2D eigenvalue weighted by Gasteiger charge is -2.11. The Bertz CT molecular complexity index is 782. The molecule has 2 aromatic rings. The summed E-state index contributed by atoms with van der Waals surface area (Å²) < 4.78 is 46.8. The van der Waals surface area contributed by atoms with Gasteiger partial charge in [0.25, 0.3) is 9.05 Å². The highest BCUT2D eigenvalue weighted by molar-refractivity contribution is 8.13. The molecule has 0 spiro atoms. The van der Waals surface area contributed by atoms with E-state index in [4.69, 9.17) is 10.7 Å². The summed E-state index contributed by atoms with van der Waals surface area (Å²) in [5, 5.41) is 0. The second kappa shape index (κ2) is 5.20. The lowest BCUT2D eigenvalue weighted by Crippen LogP contribution is -2.02. The van der Waals surface area contributed by atoms with Crippen LogP contribution in [0, 0.1) is 0 Å². The van der Waals surface area contributed by atoms with Crippen LogP contribution in [-0.4, -0.2) is 23.1 Å². The van der Waals surface area contributed by atoms with Crippen molar-refractivity contribution >= 4 is 29.6 Å². The minimum atomic E-state index is -3.97. The van der Waals surface area contributed by atoms with Crippen LogP contribution in [-0.2, 0) is 18.9 Å². The predicted octanol–water partition coefficient (Wildman–Crippen LogP) is 2.68. The molecule has 0 fully saturated rings. The van der Waals surface area contributed by atoms with Crippen molar-refractivity contribution in [2.24, 2.45) is 0 Å². The molecule has 2 rings (SSSR count). The molecule has 0 heterocycles. The number of sulfone groups is 1. The van der Waals surface area contributed by atoms with Gasteiger partial charge in [-0.2, -0.15) is 0 Å². The topological polar surface area (TPSA) is 68.3 Å². The summed E-state index contributed by atoms with van der Waals surface area (Å²) in [6.07, 6.45) is 1.07. The molecule has 0 saturated heterocycles. The molecule has 20 heavy (non-hydrogen) atoms. The van der Waals surface area contributed by atoms with E-state index in [-0.39, 0.29) is 15.4 Å². The Labute approximate surface area is 122 Å². The van der Waals surface area contributed by atoms with Gasteiger partial charge in [0.15, 0.2) is 9.84 Å². The fourth-order valence-corrected chi connectivity index (χ4v) is 3.90. The minimum absolute atomic E-state index is 0.0627. The van der Waals surface area contributed by atoms with Gasteiger partial charge in [0, 0.05) is 28.1 Å². The highest BCUT2D eigenvalue weighted by Gasteiger charge is 2.20. The van der Waals surface area contributed by atoms with E-state index in [2.05, 4.69) is 0 Å². The van der Waals surface area contributed by atoms with Gasteiger partial charge in [0.05, 0.1) is 9.79 Å². The Morgan fingerprint density at radius 1 is 0.750 bits per heavy atom. The summed E-state index contributed by atoms with van der Waals surface area (Å²) in [5.41, 5.74) is 0.582. The average Bonchev–Trinajstić information content (AvgIpc) is 2.37. The maximum Gasteiger partial charge on any atom is 0.261 e. The summed E-state index contributed by atoms with van der Waals surface area (Å²) in [7, 11) is -2.05. The molecular weight excluding hydrogens is 320 g/mol. The molecule has 0 amide bonds. The van der Waals surface area contributed by atoms with Crippen molar-refractivity contribution < 1.29 is 16.8 Å². The van der Waals surface area contributed by atoms with Crippen LogP contribution in [0.2, 0.25) is 0 Å². The third-order valence-electron chi connectivity index (χ3n) is 2.73. The van der Waals surface area contributed by atoms with Crippen molar-refractivity contribution in [1.29, 1.82) is 0 Å². The smallest absolute Gasteiger partial charge is 0.224 e. The van der Waals surface area contributed by atoms with Gasteiger partial charge in [-0.15, -0.1) is 0 Å². The summed E-state index contributed by atoms with van der Waals surface area (Å²) in [6.45, 7) is 0. The van der Waals surface area contributed by atoms with Crippen molar-refractivity contribution in [2.45, 2.75) is 9.79 Å². The van der Waals surface area contributed by atoms with E-state index >= 15 is 0 Å². The lowest BCUT2D eigenvalue weighted by atomic mass is 10.1. The van der Waals surface area contributed by atoms with Crippen LogP contribution in [0.3, 0.4) is 0 Å². The van der Waals surface area contributed by atoms with Crippen molar-refractivity contribution in [3.63, 3.8) is 0 Å². The standard InChI is InChI=1S/C13H11ClO4S2/c1-19(15,16)12-8-4-2-6-10(12)11-7-3-5-9-13(11)20(14,17)18/h2-9H,1H3. The molecule has 4 nitrogen and oxygen atoms in total. The van der Waals surface area contributed by atoms with Crippen molar-refractivity contribution in [3.05, 3.63) is 48.5 Å². The zero-order valence-corrected chi connectivity index (χ0v) is 12.8. The van der Waals surface area contributed by atoms with E-state index in [1.165, 1.54) is 24.3 Å². The molecule has 0 unspecified atom stereocenters. The zero-order chi connectivity index (χ0) is 15.0. The summed E-state index contributed by atoms with van der Waals surface area (Å²) in [4.78, 5) is -0.0504. The van der Waals surface area contributed by atoms with Crippen LogP contribution >= 0.6 is 10.7 Å². The highest BCUT2D eigenvalue weighted by atomic mass is 35.7. The fourth-order valence-electron chi connectivity index (χ4n) is 1.91. The first-order valence-electron chi connectivity index (χ1n) is 5.54. The van der Waals surface area contributed by atoms with Crippen LogP contribution in [0.15, 0.2) is 58.3 Å². The molecule has 0 aliphatic heterocycles. The van der Waals surface area contributed by atoms with Crippen LogP contribution in [0.1, 0.15) is 0 Å². The fraction of sp³-hybridized carbons (Fsp3) is 0.0769. The molecule has 106 valence electrons. The Hall–Kier alpha value is -1.37. The first-order chi connectivity index (χ1) is 9.21. The number of hydrogen-bond acceptors (Lipinski definition) is 4. The molecule has 0 radical (unpaired) electrons. The van der Waals surface area contributed by atoms with E-state index in [0.717, 1.165) is 6.26 Å². The quantitative estimate of drug-likeness (QED) is 0.811. The van der Waals surface area contributed by atoms with Crippen molar-refractivity contribution in [3.8, 4) is 11.1 Å². The van der Waals surface area contributed by atoms with Crippen LogP contribution in [0.25, 0.3) is 11.1 Å². The van der Waals surface area contributed by atoms with E-state index in [1.807, 2.05) is 0 Å². The third kappa shape index (κ3) is 3.03. The maximum atomic E-state index is 11.8. The molecular formula is C13H11ClO4S2. The van der Waals surface area contributed by atoms with E-state index in [1.54, 1.807) is 24.3 Å². The van der Waals surface area contributed by atoms with Gasteiger partial charge in [-0.3, -0.25) is 0 Å². The number of benzene rings is 2. The van der Waals surface area contributed by atoms with Crippen LogP contribution < -0.4 is 0 Å². The molecule has 0 aliphatic carbocycles. The van der Waals surface area contributed by atoms with Crippen molar-refractivity contribution in [1.82, 2.24) is 0 Å². The lowest BCUT2D eigenvalue weighted by molar-refractivity contribution is 0.601. The van der Waals surface area contributed by atoms with Gasteiger partial charge in [0.2, 0.25) is 0 Å². The van der Waals surface area contributed by atoms with Gasteiger partial charge in [-0.1, -0.05) is 36.4 Å². The minimum Gasteiger partial charge on any atom is -0.224 e. The zero-order valence-electron chi connectivity index (χ0n) is 10.4. The highest BCUT2D eigenvalue weighted by Crippen LogP contribution is 2.33. The molecule has 0 N–H and O–H groups in total. The number of halogens is 1. The molecule has 0 aromatic heterocycles. The second-order valence-electron chi connectivity index (χ2n) is 4.20. The summed E-state index contributed by atoms with van der Waals surface area (Å²) >= 11 is 0.